The molecule has 4 nitrogen and oxygen atoms in total. The zero-order chi connectivity index (χ0) is 11.9. The second-order valence-electron chi connectivity index (χ2n) is 3.84. The number of rotatable bonds is 1. The van der Waals surface area contributed by atoms with Gasteiger partial charge in [0.1, 0.15) is 5.15 Å². The number of hydrogen-bond acceptors (Lipinski definition) is 3. The van der Waals surface area contributed by atoms with Crippen molar-refractivity contribution in [2.24, 2.45) is 0 Å². The Kier molecular flexibility index (Phi) is 2.68. The molecule has 0 aliphatic heterocycles. The third-order valence-electron chi connectivity index (χ3n) is 2.65. The highest BCUT2D eigenvalue weighted by atomic mass is 35.5. The van der Waals surface area contributed by atoms with Crippen molar-refractivity contribution >= 4 is 11.6 Å². The molecule has 84 valence electrons. The van der Waals surface area contributed by atoms with Gasteiger partial charge in [-0.3, -0.25) is 0 Å². The Balaban J connectivity index is 2.62. The van der Waals surface area contributed by atoms with Crippen LogP contribution in [0.1, 0.15) is 22.6 Å². The molecule has 0 unspecified atom stereocenters. The van der Waals surface area contributed by atoms with Gasteiger partial charge in [0.15, 0.2) is 0 Å². The minimum atomic E-state index is 0.438. The molecule has 0 radical (unpaired) electrons. The fourth-order valence-electron chi connectivity index (χ4n) is 1.53. The maximum Gasteiger partial charge on any atom is 0.252 e. The van der Waals surface area contributed by atoms with Crippen molar-refractivity contribution in [2.75, 3.05) is 0 Å². The third-order valence-corrected chi connectivity index (χ3v) is 2.85. The van der Waals surface area contributed by atoms with E-state index in [9.17, 15) is 0 Å². The van der Waals surface area contributed by atoms with Crippen LogP contribution >= 0.6 is 11.6 Å². The summed E-state index contributed by atoms with van der Waals surface area (Å²) in [6, 6.07) is 1.73. The molecule has 0 fully saturated rings. The molecule has 0 N–H and O–H groups in total. The maximum atomic E-state index is 5.91. The molecule has 16 heavy (non-hydrogen) atoms. The van der Waals surface area contributed by atoms with Crippen molar-refractivity contribution in [3.05, 3.63) is 33.9 Å². The fourth-order valence-corrected chi connectivity index (χ4v) is 1.76. The summed E-state index contributed by atoms with van der Waals surface area (Å²) < 4.78 is 1.73. The predicted octanol–water partition coefficient (Wildman–Crippen LogP) is 2.55. The summed E-state index contributed by atoms with van der Waals surface area (Å²) in [4.78, 5) is 8.50. The minimum absolute atomic E-state index is 0.438. The van der Waals surface area contributed by atoms with Crippen LogP contribution in [-0.2, 0) is 0 Å². The monoisotopic (exact) mass is 236 g/mol. The topological polar surface area (TPSA) is 43.6 Å². The van der Waals surface area contributed by atoms with E-state index in [-0.39, 0.29) is 0 Å². The average molecular weight is 237 g/mol. The molecule has 0 saturated heterocycles. The maximum absolute atomic E-state index is 5.91. The first kappa shape index (κ1) is 11.1. The zero-order valence-electron chi connectivity index (χ0n) is 9.74. The van der Waals surface area contributed by atoms with Crippen molar-refractivity contribution in [1.82, 2.24) is 19.7 Å². The van der Waals surface area contributed by atoms with Gasteiger partial charge >= 0.3 is 0 Å². The van der Waals surface area contributed by atoms with E-state index in [4.69, 9.17) is 11.6 Å². The van der Waals surface area contributed by atoms with Crippen LogP contribution in [0, 0.1) is 27.7 Å². The Morgan fingerprint density at radius 2 is 1.81 bits per heavy atom. The van der Waals surface area contributed by atoms with Crippen molar-refractivity contribution in [3.8, 4) is 5.95 Å². The van der Waals surface area contributed by atoms with Crippen molar-refractivity contribution in [2.45, 2.75) is 27.7 Å². The second-order valence-corrected chi connectivity index (χ2v) is 4.23. The Labute approximate surface area is 99.3 Å². The molecule has 0 aliphatic carbocycles. The van der Waals surface area contributed by atoms with E-state index in [1.807, 2.05) is 27.7 Å². The Hall–Kier alpha value is -1.42. The highest BCUT2D eigenvalue weighted by Crippen LogP contribution is 2.16. The lowest BCUT2D eigenvalue weighted by Crippen LogP contribution is -2.06. The SMILES string of the molecule is Cc1cc(Cl)nc(-n2nc(C)c(C)c2C)n1. The summed E-state index contributed by atoms with van der Waals surface area (Å²) in [6.07, 6.45) is 0. The summed E-state index contributed by atoms with van der Waals surface area (Å²) in [5.74, 6) is 0.527. The summed E-state index contributed by atoms with van der Waals surface area (Å²) in [5.41, 5.74) is 4.01. The Morgan fingerprint density at radius 1 is 1.12 bits per heavy atom. The standard InChI is InChI=1S/C11H13ClN4/c1-6-5-10(12)14-11(13-6)16-9(4)7(2)8(3)15-16/h5H,1-4H3. The van der Waals surface area contributed by atoms with Crippen molar-refractivity contribution in [3.63, 3.8) is 0 Å². The highest BCUT2D eigenvalue weighted by molar-refractivity contribution is 6.29. The van der Waals surface area contributed by atoms with Gasteiger partial charge in [-0.05, 0) is 39.3 Å². The average Bonchev–Trinajstić information content (AvgIpc) is 2.44. The molecule has 0 atom stereocenters. The molecular formula is C11H13ClN4. The molecule has 2 rings (SSSR count). The smallest absolute Gasteiger partial charge is 0.216 e. The third kappa shape index (κ3) is 1.80. The molecule has 0 amide bonds. The number of halogens is 1. The van der Waals surface area contributed by atoms with Gasteiger partial charge in [-0.1, -0.05) is 11.6 Å². The van der Waals surface area contributed by atoms with Gasteiger partial charge in [-0.15, -0.1) is 0 Å². The van der Waals surface area contributed by atoms with Gasteiger partial charge < -0.3 is 0 Å². The molecule has 0 spiro atoms. The van der Waals surface area contributed by atoms with Gasteiger partial charge in [0.05, 0.1) is 5.69 Å². The molecular weight excluding hydrogens is 224 g/mol. The van der Waals surface area contributed by atoms with Crippen LogP contribution in [0.2, 0.25) is 5.15 Å². The molecule has 0 aliphatic rings. The van der Waals surface area contributed by atoms with Gasteiger partial charge in [0, 0.05) is 11.4 Å². The second kappa shape index (κ2) is 3.87. The van der Waals surface area contributed by atoms with Gasteiger partial charge in [-0.2, -0.15) is 10.1 Å². The lowest BCUT2D eigenvalue weighted by molar-refractivity contribution is 0.768. The number of aromatic nitrogens is 4. The minimum Gasteiger partial charge on any atom is -0.216 e. The zero-order valence-corrected chi connectivity index (χ0v) is 10.5. The van der Waals surface area contributed by atoms with Crippen LogP contribution in [0.25, 0.3) is 5.95 Å². The molecule has 0 aromatic carbocycles. The van der Waals surface area contributed by atoms with Crippen LogP contribution in [0.3, 0.4) is 0 Å². The number of aryl methyl sites for hydroxylation is 2. The van der Waals surface area contributed by atoms with Gasteiger partial charge in [-0.25, -0.2) is 9.67 Å². The van der Waals surface area contributed by atoms with Crippen LogP contribution in [0.5, 0.6) is 0 Å². The predicted molar refractivity (Wildman–Crippen MR) is 63.1 cm³/mol. The number of nitrogens with zero attached hydrogens (tertiary/aromatic N) is 4. The summed E-state index contributed by atoms with van der Waals surface area (Å²) in [5, 5.41) is 4.83. The van der Waals surface area contributed by atoms with E-state index < -0.39 is 0 Å². The molecule has 2 aromatic rings. The summed E-state index contributed by atoms with van der Waals surface area (Å²) in [7, 11) is 0. The molecule has 2 heterocycles. The fraction of sp³-hybridized carbons (Fsp3) is 0.364. The van der Waals surface area contributed by atoms with Crippen LogP contribution < -0.4 is 0 Å². The van der Waals surface area contributed by atoms with Gasteiger partial charge in [0.25, 0.3) is 5.95 Å². The first-order chi connectivity index (χ1) is 7.49. The Bertz CT molecular complexity index is 525. The van der Waals surface area contributed by atoms with Crippen molar-refractivity contribution in [1.29, 1.82) is 0 Å². The van der Waals surface area contributed by atoms with E-state index in [1.54, 1.807) is 10.7 Å². The molecule has 5 heteroatoms. The normalized spacial score (nSPS) is 10.8. The number of hydrogen-bond donors (Lipinski definition) is 0. The van der Waals surface area contributed by atoms with E-state index in [0.717, 1.165) is 22.6 Å². The lowest BCUT2D eigenvalue weighted by Gasteiger charge is -2.04. The molecule has 0 bridgehead atoms. The summed E-state index contributed by atoms with van der Waals surface area (Å²) >= 11 is 5.91. The summed E-state index contributed by atoms with van der Waals surface area (Å²) in [6.45, 7) is 7.88. The van der Waals surface area contributed by atoms with Crippen LogP contribution in [0.4, 0.5) is 0 Å². The Morgan fingerprint density at radius 3 is 2.31 bits per heavy atom. The van der Waals surface area contributed by atoms with E-state index in [2.05, 4.69) is 15.1 Å². The molecule has 0 saturated carbocycles. The lowest BCUT2D eigenvalue weighted by atomic mass is 10.2. The van der Waals surface area contributed by atoms with E-state index in [1.165, 1.54) is 0 Å². The van der Waals surface area contributed by atoms with Crippen molar-refractivity contribution < 1.29 is 0 Å². The van der Waals surface area contributed by atoms with Crippen LogP contribution in [0.15, 0.2) is 6.07 Å². The van der Waals surface area contributed by atoms with Crippen LogP contribution in [-0.4, -0.2) is 19.7 Å². The van der Waals surface area contributed by atoms with E-state index >= 15 is 0 Å². The highest BCUT2D eigenvalue weighted by Gasteiger charge is 2.11. The van der Waals surface area contributed by atoms with E-state index in [0.29, 0.717) is 11.1 Å². The first-order valence-corrected chi connectivity index (χ1v) is 5.41. The largest absolute Gasteiger partial charge is 0.252 e. The van der Waals surface area contributed by atoms with Gasteiger partial charge in [0.2, 0.25) is 0 Å². The quantitative estimate of drug-likeness (QED) is 0.715. The molecule has 2 aromatic heterocycles. The first-order valence-electron chi connectivity index (χ1n) is 5.03.